The average Bonchev–Trinajstić information content (AvgIpc) is 2.49. The molecule has 1 saturated heterocycles. The Morgan fingerprint density at radius 3 is 2.62 bits per heavy atom. The van der Waals surface area contributed by atoms with Crippen LogP contribution >= 0.6 is 0 Å². The van der Waals surface area contributed by atoms with E-state index < -0.39 is 0 Å². The third kappa shape index (κ3) is 3.88. The second-order valence-electron chi connectivity index (χ2n) is 5.86. The zero-order valence-electron chi connectivity index (χ0n) is 13.2. The smallest absolute Gasteiger partial charge is 0.241 e. The van der Waals surface area contributed by atoms with Gasteiger partial charge in [-0.3, -0.25) is 4.79 Å². The van der Waals surface area contributed by atoms with E-state index in [1.54, 1.807) is 0 Å². The van der Waals surface area contributed by atoms with Crippen LogP contribution in [0.5, 0.6) is 0 Å². The molecule has 1 aromatic rings. The van der Waals surface area contributed by atoms with Crippen molar-refractivity contribution in [2.75, 3.05) is 37.7 Å². The maximum Gasteiger partial charge on any atom is 0.241 e. The summed E-state index contributed by atoms with van der Waals surface area (Å²) in [6, 6.07) is 4.29. The van der Waals surface area contributed by atoms with Crippen LogP contribution in [0.1, 0.15) is 24.0 Å². The Balaban J connectivity index is 1.93. The molecule has 5 nitrogen and oxygen atoms in total. The molecule has 4 N–H and O–H groups in total. The largest absolute Gasteiger partial charge is 0.397 e. The molecule has 0 bridgehead atoms. The summed E-state index contributed by atoms with van der Waals surface area (Å²) in [5.41, 5.74) is 9.86. The Morgan fingerprint density at radius 2 is 1.95 bits per heavy atom. The highest BCUT2D eigenvalue weighted by Gasteiger charge is 2.21. The van der Waals surface area contributed by atoms with Crippen molar-refractivity contribution >= 4 is 17.3 Å². The molecule has 1 aliphatic heterocycles. The molecule has 1 aromatic carbocycles. The first-order valence-corrected chi connectivity index (χ1v) is 7.56. The zero-order chi connectivity index (χ0) is 15.4. The standard InChI is InChI=1S/C16H26N4O/c1-11-8-14(17)15(9-12(11)2)19-10-16(21)20(3)13-4-6-18-7-5-13/h8-9,13,18-19H,4-7,10,17H2,1-3H3. The van der Waals surface area contributed by atoms with Crippen LogP contribution in [0.3, 0.4) is 0 Å². The van der Waals surface area contributed by atoms with Gasteiger partial charge < -0.3 is 21.3 Å². The van der Waals surface area contributed by atoms with Crippen molar-refractivity contribution in [2.24, 2.45) is 0 Å². The van der Waals surface area contributed by atoms with Crippen molar-refractivity contribution in [2.45, 2.75) is 32.7 Å². The quantitative estimate of drug-likeness (QED) is 0.735. The summed E-state index contributed by atoms with van der Waals surface area (Å²) in [7, 11) is 1.89. The molecule has 0 aromatic heterocycles. The van der Waals surface area contributed by atoms with Crippen molar-refractivity contribution in [1.82, 2.24) is 10.2 Å². The van der Waals surface area contributed by atoms with Crippen molar-refractivity contribution < 1.29 is 4.79 Å². The second-order valence-corrected chi connectivity index (χ2v) is 5.86. The third-order valence-electron chi connectivity index (χ3n) is 4.35. The summed E-state index contributed by atoms with van der Waals surface area (Å²) in [6.07, 6.45) is 2.04. The van der Waals surface area contributed by atoms with Gasteiger partial charge in [-0.15, -0.1) is 0 Å². The summed E-state index contributed by atoms with van der Waals surface area (Å²) < 4.78 is 0. The van der Waals surface area contributed by atoms with E-state index in [1.807, 2.05) is 37.9 Å². The van der Waals surface area contributed by atoms with Gasteiger partial charge in [0.05, 0.1) is 17.9 Å². The number of nitrogens with zero attached hydrogens (tertiary/aromatic N) is 1. The zero-order valence-corrected chi connectivity index (χ0v) is 13.2. The number of aryl methyl sites for hydroxylation is 2. The van der Waals surface area contributed by atoms with E-state index in [0.717, 1.165) is 37.2 Å². The number of likely N-dealkylation sites (N-methyl/N-ethyl adjacent to an activating group) is 1. The van der Waals surface area contributed by atoms with Gasteiger partial charge in [-0.05, 0) is 63.0 Å². The third-order valence-corrected chi connectivity index (χ3v) is 4.35. The average molecular weight is 290 g/mol. The van der Waals surface area contributed by atoms with Gasteiger partial charge in [-0.25, -0.2) is 0 Å². The monoisotopic (exact) mass is 290 g/mol. The van der Waals surface area contributed by atoms with Gasteiger partial charge in [0, 0.05) is 13.1 Å². The number of hydrogen-bond donors (Lipinski definition) is 3. The minimum Gasteiger partial charge on any atom is -0.397 e. The number of nitrogens with one attached hydrogen (secondary N) is 2. The number of carbonyl (C=O) groups excluding carboxylic acids is 1. The maximum atomic E-state index is 12.3. The summed E-state index contributed by atoms with van der Waals surface area (Å²) in [4.78, 5) is 14.1. The summed E-state index contributed by atoms with van der Waals surface area (Å²) in [5, 5.41) is 6.48. The fourth-order valence-corrected chi connectivity index (χ4v) is 2.68. The van der Waals surface area contributed by atoms with E-state index in [-0.39, 0.29) is 12.5 Å². The first kappa shape index (κ1) is 15.6. The van der Waals surface area contributed by atoms with Crippen molar-refractivity contribution in [1.29, 1.82) is 0 Å². The number of rotatable bonds is 4. The van der Waals surface area contributed by atoms with Gasteiger partial charge >= 0.3 is 0 Å². The first-order valence-electron chi connectivity index (χ1n) is 7.56. The van der Waals surface area contributed by atoms with Crippen LogP contribution in [0, 0.1) is 13.8 Å². The summed E-state index contributed by atoms with van der Waals surface area (Å²) in [6.45, 7) is 6.33. The Labute approximate surface area is 126 Å². The van der Waals surface area contributed by atoms with Crippen molar-refractivity contribution in [3.63, 3.8) is 0 Å². The fourth-order valence-electron chi connectivity index (χ4n) is 2.68. The van der Waals surface area contributed by atoms with Gasteiger partial charge in [0.1, 0.15) is 0 Å². The molecule has 1 heterocycles. The van der Waals surface area contributed by atoms with Crippen molar-refractivity contribution in [3.05, 3.63) is 23.3 Å². The van der Waals surface area contributed by atoms with Crippen LogP contribution in [0.15, 0.2) is 12.1 Å². The van der Waals surface area contributed by atoms with Crippen LogP contribution in [-0.2, 0) is 4.79 Å². The molecule has 1 aliphatic rings. The number of carbonyl (C=O) groups is 1. The SMILES string of the molecule is Cc1cc(N)c(NCC(=O)N(C)C2CCNCC2)cc1C. The fraction of sp³-hybridized carbons (Fsp3) is 0.562. The highest BCUT2D eigenvalue weighted by Crippen LogP contribution is 2.22. The minimum atomic E-state index is 0.111. The highest BCUT2D eigenvalue weighted by molar-refractivity contribution is 5.82. The molecule has 2 rings (SSSR count). The number of benzene rings is 1. The first-order chi connectivity index (χ1) is 9.99. The number of anilines is 2. The van der Waals surface area contributed by atoms with Crippen LogP contribution in [-0.4, -0.2) is 43.5 Å². The maximum absolute atomic E-state index is 12.3. The van der Waals surface area contributed by atoms with Gasteiger partial charge in [0.15, 0.2) is 0 Å². The molecule has 116 valence electrons. The molecule has 0 spiro atoms. The minimum absolute atomic E-state index is 0.111. The lowest BCUT2D eigenvalue weighted by Crippen LogP contribution is -2.45. The van der Waals surface area contributed by atoms with Crippen LogP contribution in [0.25, 0.3) is 0 Å². The van der Waals surface area contributed by atoms with Gasteiger partial charge in [-0.1, -0.05) is 0 Å². The second kappa shape index (κ2) is 6.80. The number of piperidine rings is 1. The Hall–Kier alpha value is -1.75. The molecule has 21 heavy (non-hydrogen) atoms. The van der Waals surface area contributed by atoms with E-state index in [2.05, 4.69) is 10.6 Å². The summed E-state index contributed by atoms with van der Waals surface area (Å²) >= 11 is 0. The number of amides is 1. The van der Waals surface area contributed by atoms with Gasteiger partial charge in [0.2, 0.25) is 5.91 Å². The number of hydrogen-bond acceptors (Lipinski definition) is 4. The van der Waals surface area contributed by atoms with Crippen LogP contribution in [0.2, 0.25) is 0 Å². The van der Waals surface area contributed by atoms with Gasteiger partial charge in [0.25, 0.3) is 0 Å². The lowest BCUT2D eigenvalue weighted by Gasteiger charge is -2.31. The van der Waals surface area contributed by atoms with E-state index in [9.17, 15) is 4.79 Å². The lowest BCUT2D eigenvalue weighted by molar-refractivity contribution is -0.130. The Kier molecular flexibility index (Phi) is 5.07. The molecular formula is C16H26N4O. The molecular weight excluding hydrogens is 264 g/mol. The lowest BCUT2D eigenvalue weighted by atomic mass is 10.1. The van der Waals surface area contributed by atoms with Crippen molar-refractivity contribution in [3.8, 4) is 0 Å². The molecule has 0 aliphatic carbocycles. The highest BCUT2D eigenvalue weighted by atomic mass is 16.2. The normalized spacial score (nSPS) is 15.8. The van der Waals surface area contributed by atoms with E-state index in [0.29, 0.717) is 11.7 Å². The molecule has 1 fully saturated rings. The molecule has 5 heteroatoms. The van der Waals surface area contributed by atoms with E-state index in [1.165, 1.54) is 5.56 Å². The number of nitrogens with two attached hydrogens (primary N) is 1. The van der Waals surface area contributed by atoms with Gasteiger partial charge in [-0.2, -0.15) is 0 Å². The predicted octanol–water partition coefficient (Wildman–Crippen LogP) is 1.51. The topological polar surface area (TPSA) is 70.4 Å². The molecule has 0 unspecified atom stereocenters. The van der Waals surface area contributed by atoms with Crippen LogP contribution in [0.4, 0.5) is 11.4 Å². The predicted molar refractivity (Wildman–Crippen MR) is 87.5 cm³/mol. The molecule has 0 saturated carbocycles. The Bertz CT molecular complexity index is 509. The molecule has 1 amide bonds. The van der Waals surface area contributed by atoms with E-state index in [4.69, 9.17) is 5.73 Å². The Morgan fingerprint density at radius 1 is 1.33 bits per heavy atom. The van der Waals surface area contributed by atoms with Crippen LogP contribution < -0.4 is 16.4 Å². The molecule has 0 atom stereocenters. The summed E-state index contributed by atoms with van der Waals surface area (Å²) in [5.74, 6) is 0.111. The molecule has 0 radical (unpaired) electrons. The van der Waals surface area contributed by atoms with E-state index >= 15 is 0 Å². The number of nitrogen functional groups attached to an aromatic ring is 1.